The zero-order valence-corrected chi connectivity index (χ0v) is 11.4. The fourth-order valence-corrected chi connectivity index (χ4v) is 2.27. The average Bonchev–Trinajstić information content (AvgIpc) is 2.45. The SMILES string of the molecule is CC1(C(=O)NCCOc2ccccc2)CCNCC1. The first-order valence-electron chi connectivity index (χ1n) is 6.88. The third kappa shape index (κ3) is 3.96. The lowest BCUT2D eigenvalue weighted by atomic mass is 9.80. The molecule has 19 heavy (non-hydrogen) atoms. The molecule has 1 aliphatic rings. The molecule has 1 amide bonds. The van der Waals surface area contributed by atoms with Gasteiger partial charge in [-0.2, -0.15) is 0 Å². The molecule has 0 bridgehead atoms. The normalized spacial score (nSPS) is 17.7. The molecular weight excluding hydrogens is 240 g/mol. The molecule has 2 rings (SSSR count). The number of para-hydroxylation sites is 1. The van der Waals surface area contributed by atoms with Crippen LogP contribution in [0.2, 0.25) is 0 Å². The molecule has 1 aromatic carbocycles. The van der Waals surface area contributed by atoms with Gasteiger partial charge in [-0.3, -0.25) is 4.79 Å². The van der Waals surface area contributed by atoms with E-state index in [0.29, 0.717) is 13.2 Å². The van der Waals surface area contributed by atoms with E-state index in [1.807, 2.05) is 37.3 Å². The topological polar surface area (TPSA) is 50.4 Å². The molecule has 0 radical (unpaired) electrons. The van der Waals surface area contributed by atoms with Gasteiger partial charge >= 0.3 is 0 Å². The van der Waals surface area contributed by atoms with E-state index in [1.165, 1.54) is 0 Å². The van der Waals surface area contributed by atoms with Crippen molar-refractivity contribution in [1.29, 1.82) is 0 Å². The molecular formula is C15H22N2O2. The number of rotatable bonds is 5. The molecule has 0 aliphatic carbocycles. The highest BCUT2D eigenvalue weighted by Gasteiger charge is 2.34. The highest BCUT2D eigenvalue weighted by atomic mass is 16.5. The Balaban J connectivity index is 1.69. The minimum Gasteiger partial charge on any atom is -0.492 e. The molecule has 104 valence electrons. The summed E-state index contributed by atoms with van der Waals surface area (Å²) in [4.78, 5) is 12.1. The van der Waals surface area contributed by atoms with Crippen LogP contribution in [-0.4, -0.2) is 32.1 Å². The standard InChI is InChI=1S/C15H22N2O2/c1-15(7-9-16-10-8-15)14(18)17-11-12-19-13-5-3-2-4-6-13/h2-6,16H,7-12H2,1H3,(H,17,18). The molecule has 1 aromatic rings. The molecule has 0 atom stereocenters. The van der Waals surface area contributed by atoms with Gasteiger partial charge in [-0.25, -0.2) is 0 Å². The summed E-state index contributed by atoms with van der Waals surface area (Å²) in [6, 6.07) is 9.65. The van der Waals surface area contributed by atoms with E-state index in [-0.39, 0.29) is 11.3 Å². The Hall–Kier alpha value is -1.55. The quantitative estimate of drug-likeness (QED) is 0.792. The summed E-state index contributed by atoms with van der Waals surface area (Å²) < 4.78 is 5.55. The van der Waals surface area contributed by atoms with E-state index in [1.54, 1.807) is 0 Å². The van der Waals surface area contributed by atoms with Crippen molar-refractivity contribution in [3.63, 3.8) is 0 Å². The molecule has 0 aromatic heterocycles. The highest BCUT2D eigenvalue weighted by molar-refractivity contribution is 5.82. The fourth-order valence-electron chi connectivity index (χ4n) is 2.27. The van der Waals surface area contributed by atoms with Crippen LogP contribution in [0.15, 0.2) is 30.3 Å². The number of carbonyl (C=O) groups excluding carboxylic acids is 1. The Morgan fingerprint density at radius 2 is 2.00 bits per heavy atom. The summed E-state index contributed by atoms with van der Waals surface area (Å²) in [5.74, 6) is 0.982. The largest absolute Gasteiger partial charge is 0.492 e. The number of carbonyl (C=O) groups is 1. The molecule has 0 spiro atoms. The molecule has 4 heteroatoms. The lowest BCUT2D eigenvalue weighted by Crippen LogP contribution is -2.46. The maximum absolute atomic E-state index is 12.1. The number of ether oxygens (including phenoxy) is 1. The first kappa shape index (κ1) is 13.9. The van der Waals surface area contributed by atoms with Crippen molar-refractivity contribution in [3.05, 3.63) is 30.3 Å². The first-order valence-corrected chi connectivity index (χ1v) is 6.88. The van der Waals surface area contributed by atoms with Crippen molar-refractivity contribution >= 4 is 5.91 Å². The second-order valence-corrected chi connectivity index (χ2v) is 5.23. The van der Waals surface area contributed by atoms with Gasteiger partial charge in [-0.1, -0.05) is 25.1 Å². The van der Waals surface area contributed by atoms with Crippen molar-refractivity contribution in [1.82, 2.24) is 10.6 Å². The molecule has 1 fully saturated rings. The van der Waals surface area contributed by atoms with Crippen LogP contribution in [0.3, 0.4) is 0 Å². The lowest BCUT2D eigenvalue weighted by Gasteiger charge is -2.32. The van der Waals surface area contributed by atoms with Gasteiger partial charge in [0.05, 0.1) is 6.54 Å². The van der Waals surface area contributed by atoms with Crippen LogP contribution in [0, 0.1) is 5.41 Å². The van der Waals surface area contributed by atoms with Gasteiger partial charge in [0.25, 0.3) is 0 Å². The van der Waals surface area contributed by atoms with E-state index < -0.39 is 0 Å². The summed E-state index contributed by atoms with van der Waals surface area (Å²) in [6.07, 6.45) is 1.80. The molecule has 1 saturated heterocycles. The van der Waals surface area contributed by atoms with Crippen molar-refractivity contribution in [2.75, 3.05) is 26.2 Å². The van der Waals surface area contributed by atoms with E-state index in [9.17, 15) is 4.79 Å². The van der Waals surface area contributed by atoms with Crippen LogP contribution >= 0.6 is 0 Å². The Bertz CT molecular complexity index is 400. The van der Waals surface area contributed by atoms with Crippen molar-refractivity contribution in [3.8, 4) is 5.75 Å². The predicted octanol–water partition coefficient (Wildman–Crippen LogP) is 1.57. The Labute approximate surface area is 114 Å². The maximum atomic E-state index is 12.1. The summed E-state index contributed by atoms with van der Waals surface area (Å²) >= 11 is 0. The molecule has 2 N–H and O–H groups in total. The van der Waals surface area contributed by atoms with Crippen LogP contribution in [0.5, 0.6) is 5.75 Å². The minimum atomic E-state index is -0.224. The lowest BCUT2D eigenvalue weighted by molar-refractivity contribution is -0.131. The minimum absolute atomic E-state index is 0.144. The summed E-state index contributed by atoms with van der Waals surface area (Å²) in [7, 11) is 0. The number of piperidine rings is 1. The monoisotopic (exact) mass is 262 g/mol. The zero-order valence-electron chi connectivity index (χ0n) is 11.4. The van der Waals surface area contributed by atoms with Crippen LogP contribution in [0.1, 0.15) is 19.8 Å². The maximum Gasteiger partial charge on any atom is 0.226 e. The summed E-state index contributed by atoms with van der Waals surface area (Å²) in [5.41, 5.74) is -0.224. The number of nitrogens with one attached hydrogen (secondary N) is 2. The van der Waals surface area contributed by atoms with Crippen molar-refractivity contribution < 1.29 is 9.53 Å². The Morgan fingerprint density at radius 1 is 1.32 bits per heavy atom. The number of hydrogen-bond donors (Lipinski definition) is 2. The first-order chi connectivity index (χ1) is 9.21. The molecule has 1 heterocycles. The van der Waals surface area contributed by atoms with Crippen LogP contribution in [0.4, 0.5) is 0 Å². The number of amides is 1. The highest BCUT2D eigenvalue weighted by Crippen LogP contribution is 2.27. The average molecular weight is 262 g/mol. The van der Waals surface area contributed by atoms with Gasteiger partial charge < -0.3 is 15.4 Å². The van der Waals surface area contributed by atoms with Crippen molar-refractivity contribution in [2.24, 2.45) is 5.41 Å². The third-order valence-corrected chi connectivity index (χ3v) is 3.65. The molecule has 4 nitrogen and oxygen atoms in total. The van der Waals surface area contributed by atoms with Gasteiger partial charge in [0.2, 0.25) is 5.91 Å². The van der Waals surface area contributed by atoms with Gasteiger partial charge in [-0.15, -0.1) is 0 Å². The third-order valence-electron chi connectivity index (χ3n) is 3.65. The molecule has 1 aliphatic heterocycles. The molecule has 0 saturated carbocycles. The fraction of sp³-hybridized carbons (Fsp3) is 0.533. The molecule has 0 unspecified atom stereocenters. The van der Waals surface area contributed by atoms with Gasteiger partial charge in [0.15, 0.2) is 0 Å². The van der Waals surface area contributed by atoms with Crippen LogP contribution in [0.25, 0.3) is 0 Å². The van der Waals surface area contributed by atoms with Crippen LogP contribution < -0.4 is 15.4 Å². The Kier molecular flexibility index (Phi) is 4.80. The number of hydrogen-bond acceptors (Lipinski definition) is 3. The van der Waals surface area contributed by atoms with Gasteiger partial charge in [0, 0.05) is 5.41 Å². The van der Waals surface area contributed by atoms with E-state index >= 15 is 0 Å². The smallest absolute Gasteiger partial charge is 0.226 e. The second-order valence-electron chi connectivity index (χ2n) is 5.23. The number of benzene rings is 1. The predicted molar refractivity (Wildman–Crippen MR) is 75.2 cm³/mol. The van der Waals surface area contributed by atoms with E-state index in [2.05, 4.69) is 10.6 Å². The summed E-state index contributed by atoms with van der Waals surface area (Å²) in [6.45, 7) is 4.94. The van der Waals surface area contributed by atoms with Gasteiger partial charge in [0.1, 0.15) is 12.4 Å². The van der Waals surface area contributed by atoms with E-state index in [0.717, 1.165) is 31.7 Å². The Morgan fingerprint density at radius 3 is 2.68 bits per heavy atom. The second kappa shape index (κ2) is 6.57. The van der Waals surface area contributed by atoms with Crippen LogP contribution in [-0.2, 0) is 4.79 Å². The zero-order chi connectivity index (χ0) is 13.6. The summed E-state index contributed by atoms with van der Waals surface area (Å²) in [5, 5.41) is 6.25. The van der Waals surface area contributed by atoms with Crippen molar-refractivity contribution in [2.45, 2.75) is 19.8 Å². The van der Waals surface area contributed by atoms with E-state index in [4.69, 9.17) is 4.74 Å². The van der Waals surface area contributed by atoms with Gasteiger partial charge in [-0.05, 0) is 38.1 Å².